The third-order valence-corrected chi connectivity index (χ3v) is 2.11. The second kappa shape index (κ2) is 6.07. The van der Waals surface area contributed by atoms with Crippen LogP contribution >= 0.6 is 0 Å². The molecule has 1 rings (SSSR count). The normalized spacial score (nSPS) is 12.1. The number of methoxy groups -OCH3 is 1. The summed E-state index contributed by atoms with van der Waals surface area (Å²) in [6, 6.07) is 2.82. The summed E-state index contributed by atoms with van der Waals surface area (Å²) in [5.41, 5.74) is 0.230. The van der Waals surface area contributed by atoms with Crippen molar-refractivity contribution in [2.24, 2.45) is 5.92 Å². The first-order valence-electron chi connectivity index (χ1n) is 5.09. The number of hydrogen-bond acceptors (Lipinski definition) is 3. The Morgan fingerprint density at radius 1 is 1.56 bits per heavy atom. The summed E-state index contributed by atoms with van der Waals surface area (Å²) >= 11 is 0. The molecule has 1 aromatic heterocycles. The van der Waals surface area contributed by atoms with Crippen LogP contribution in [0.5, 0.6) is 0 Å². The highest BCUT2D eigenvalue weighted by molar-refractivity contribution is 5.93. The largest absolute Gasteiger partial charge is 0.384 e. The summed E-state index contributed by atoms with van der Waals surface area (Å²) in [6.07, 6.45) is 1.40. The summed E-state index contributed by atoms with van der Waals surface area (Å²) < 4.78 is 4.96. The SMILES string of the molecule is COCC(C)CNC(=O)c1ccc(=O)[nH]c1. The molecule has 16 heavy (non-hydrogen) atoms. The third kappa shape index (κ3) is 3.86. The Balaban J connectivity index is 2.46. The van der Waals surface area contributed by atoms with Crippen LogP contribution < -0.4 is 10.9 Å². The number of aromatic nitrogens is 1. The van der Waals surface area contributed by atoms with E-state index in [4.69, 9.17) is 4.74 Å². The van der Waals surface area contributed by atoms with Gasteiger partial charge in [-0.3, -0.25) is 9.59 Å². The molecule has 0 aromatic carbocycles. The van der Waals surface area contributed by atoms with E-state index in [1.54, 1.807) is 7.11 Å². The molecule has 0 aliphatic heterocycles. The number of H-pyrrole nitrogens is 1. The first-order valence-corrected chi connectivity index (χ1v) is 5.09. The van der Waals surface area contributed by atoms with E-state index < -0.39 is 0 Å². The van der Waals surface area contributed by atoms with Crippen LogP contribution in [0.3, 0.4) is 0 Å². The summed E-state index contributed by atoms with van der Waals surface area (Å²) in [7, 11) is 1.63. The molecule has 1 atom stereocenters. The van der Waals surface area contributed by atoms with Crippen LogP contribution in [-0.2, 0) is 4.74 Å². The fourth-order valence-electron chi connectivity index (χ4n) is 1.26. The molecule has 1 heterocycles. The molecule has 0 bridgehead atoms. The zero-order valence-corrected chi connectivity index (χ0v) is 9.45. The Morgan fingerprint density at radius 2 is 2.31 bits per heavy atom. The predicted octanol–water partition coefficient (Wildman–Crippen LogP) is 0.387. The van der Waals surface area contributed by atoms with Crippen molar-refractivity contribution in [3.05, 3.63) is 34.2 Å². The molecule has 0 fully saturated rings. The number of carbonyl (C=O) groups excluding carboxylic acids is 1. The second-order valence-electron chi connectivity index (χ2n) is 3.71. The van der Waals surface area contributed by atoms with E-state index in [0.717, 1.165) is 0 Å². The monoisotopic (exact) mass is 224 g/mol. The molecule has 5 nitrogen and oxygen atoms in total. The second-order valence-corrected chi connectivity index (χ2v) is 3.71. The molecule has 88 valence electrons. The number of ether oxygens (including phenoxy) is 1. The van der Waals surface area contributed by atoms with E-state index in [1.165, 1.54) is 18.3 Å². The van der Waals surface area contributed by atoms with E-state index in [2.05, 4.69) is 10.3 Å². The van der Waals surface area contributed by atoms with Crippen molar-refractivity contribution in [2.75, 3.05) is 20.3 Å². The first kappa shape index (κ1) is 12.4. The summed E-state index contributed by atoms with van der Waals surface area (Å²) in [4.78, 5) is 24.8. The Morgan fingerprint density at radius 3 is 2.88 bits per heavy atom. The van der Waals surface area contributed by atoms with Gasteiger partial charge in [-0.15, -0.1) is 0 Å². The van der Waals surface area contributed by atoms with Crippen molar-refractivity contribution in [3.63, 3.8) is 0 Å². The number of carbonyl (C=O) groups is 1. The zero-order chi connectivity index (χ0) is 12.0. The Kier molecular flexibility index (Phi) is 4.72. The topological polar surface area (TPSA) is 71.2 Å². The molecule has 1 aromatic rings. The number of hydrogen-bond donors (Lipinski definition) is 2. The smallest absolute Gasteiger partial charge is 0.252 e. The number of rotatable bonds is 5. The molecule has 0 saturated carbocycles. The molecule has 1 unspecified atom stereocenters. The minimum Gasteiger partial charge on any atom is -0.384 e. The number of aromatic amines is 1. The average Bonchev–Trinajstić information content (AvgIpc) is 2.27. The van der Waals surface area contributed by atoms with Crippen molar-refractivity contribution in [1.82, 2.24) is 10.3 Å². The quantitative estimate of drug-likeness (QED) is 0.760. The van der Waals surface area contributed by atoms with Gasteiger partial charge in [0.05, 0.1) is 12.2 Å². The van der Waals surface area contributed by atoms with Crippen LogP contribution in [0.1, 0.15) is 17.3 Å². The van der Waals surface area contributed by atoms with Gasteiger partial charge in [0, 0.05) is 25.9 Å². The number of nitrogens with one attached hydrogen (secondary N) is 2. The van der Waals surface area contributed by atoms with E-state index in [9.17, 15) is 9.59 Å². The van der Waals surface area contributed by atoms with Crippen LogP contribution in [0.25, 0.3) is 0 Å². The molecule has 1 amide bonds. The van der Waals surface area contributed by atoms with Gasteiger partial charge in [0.1, 0.15) is 0 Å². The third-order valence-electron chi connectivity index (χ3n) is 2.11. The van der Waals surface area contributed by atoms with Crippen LogP contribution in [0, 0.1) is 5.92 Å². The van der Waals surface area contributed by atoms with Gasteiger partial charge in [-0.2, -0.15) is 0 Å². The Bertz CT molecular complexity index is 380. The Hall–Kier alpha value is -1.62. The molecule has 0 spiro atoms. The fourth-order valence-corrected chi connectivity index (χ4v) is 1.26. The van der Waals surface area contributed by atoms with Gasteiger partial charge in [0.2, 0.25) is 5.56 Å². The molecule has 2 N–H and O–H groups in total. The maximum Gasteiger partial charge on any atom is 0.252 e. The van der Waals surface area contributed by atoms with E-state index in [0.29, 0.717) is 18.7 Å². The molecule has 0 radical (unpaired) electrons. The maximum atomic E-state index is 11.6. The lowest BCUT2D eigenvalue weighted by Gasteiger charge is -2.11. The first-order chi connectivity index (χ1) is 7.63. The van der Waals surface area contributed by atoms with Crippen molar-refractivity contribution in [1.29, 1.82) is 0 Å². The minimum atomic E-state index is -0.218. The van der Waals surface area contributed by atoms with Gasteiger partial charge in [-0.1, -0.05) is 6.92 Å². The molecular formula is C11H16N2O3. The summed E-state index contributed by atoms with van der Waals surface area (Å²) in [6.45, 7) is 3.13. The van der Waals surface area contributed by atoms with Crippen molar-refractivity contribution >= 4 is 5.91 Å². The molecule has 0 aliphatic carbocycles. The maximum absolute atomic E-state index is 11.6. The van der Waals surface area contributed by atoms with E-state index >= 15 is 0 Å². The summed E-state index contributed by atoms with van der Waals surface area (Å²) in [5, 5.41) is 2.76. The van der Waals surface area contributed by atoms with Crippen LogP contribution in [0.15, 0.2) is 23.1 Å². The van der Waals surface area contributed by atoms with Gasteiger partial charge < -0.3 is 15.0 Å². The average molecular weight is 224 g/mol. The molecule has 0 saturated heterocycles. The standard InChI is InChI=1S/C11H16N2O3/c1-8(7-16-2)5-13-11(15)9-3-4-10(14)12-6-9/h3-4,6,8H,5,7H2,1-2H3,(H,12,14)(H,13,15). The minimum absolute atomic E-state index is 0.195. The van der Waals surface area contributed by atoms with Gasteiger partial charge in [-0.25, -0.2) is 0 Å². The van der Waals surface area contributed by atoms with Crippen molar-refractivity contribution in [3.8, 4) is 0 Å². The highest BCUT2D eigenvalue weighted by Gasteiger charge is 2.07. The lowest BCUT2D eigenvalue weighted by atomic mass is 10.2. The Labute approximate surface area is 93.8 Å². The van der Waals surface area contributed by atoms with Gasteiger partial charge in [0.15, 0.2) is 0 Å². The van der Waals surface area contributed by atoms with Gasteiger partial charge in [-0.05, 0) is 12.0 Å². The fraction of sp³-hybridized carbons (Fsp3) is 0.455. The number of amides is 1. The van der Waals surface area contributed by atoms with E-state index in [1.807, 2.05) is 6.92 Å². The zero-order valence-electron chi connectivity index (χ0n) is 9.45. The summed E-state index contributed by atoms with van der Waals surface area (Å²) in [5.74, 6) is 0.0657. The lowest BCUT2D eigenvalue weighted by molar-refractivity contribution is 0.0933. The van der Waals surface area contributed by atoms with Crippen molar-refractivity contribution < 1.29 is 9.53 Å². The molecule has 5 heteroatoms. The highest BCUT2D eigenvalue weighted by atomic mass is 16.5. The molecular weight excluding hydrogens is 208 g/mol. The van der Waals surface area contributed by atoms with Crippen LogP contribution in [0.2, 0.25) is 0 Å². The van der Waals surface area contributed by atoms with Gasteiger partial charge in [0.25, 0.3) is 5.91 Å². The molecule has 0 aliphatic rings. The van der Waals surface area contributed by atoms with Crippen LogP contribution in [0.4, 0.5) is 0 Å². The lowest BCUT2D eigenvalue weighted by Crippen LogP contribution is -2.30. The van der Waals surface area contributed by atoms with Gasteiger partial charge >= 0.3 is 0 Å². The van der Waals surface area contributed by atoms with Crippen molar-refractivity contribution in [2.45, 2.75) is 6.92 Å². The van der Waals surface area contributed by atoms with Crippen LogP contribution in [-0.4, -0.2) is 31.2 Å². The highest BCUT2D eigenvalue weighted by Crippen LogP contribution is 1.96. The number of pyridine rings is 1. The predicted molar refractivity (Wildman–Crippen MR) is 60.4 cm³/mol. The van der Waals surface area contributed by atoms with E-state index in [-0.39, 0.29) is 17.4 Å².